The molecule has 2 aromatic heterocycles. The third-order valence-electron chi connectivity index (χ3n) is 6.74. The van der Waals surface area contributed by atoms with Crippen molar-refractivity contribution in [1.29, 1.82) is 0 Å². The van der Waals surface area contributed by atoms with Crippen LogP contribution >= 0.6 is 0 Å². The quantitative estimate of drug-likeness (QED) is 0.607. The Kier molecular flexibility index (Phi) is 6.92. The first-order valence-electron chi connectivity index (χ1n) is 11.8. The predicted molar refractivity (Wildman–Crippen MR) is 119 cm³/mol. The molecule has 2 aromatic rings. The largest absolute Gasteiger partial charge is 0.463 e. The molecule has 3 heterocycles. The summed E-state index contributed by atoms with van der Waals surface area (Å²) < 4.78 is 7.33. The molecule has 4 rings (SSSR count). The topological polar surface area (TPSA) is 102 Å². The minimum Gasteiger partial charge on any atom is -0.463 e. The van der Waals surface area contributed by atoms with Crippen LogP contribution in [0.15, 0.2) is 4.79 Å². The number of nitrogens with one attached hydrogen (secondary N) is 1. The van der Waals surface area contributed by atoms with Crippen molar-refractivity contribution in [2.24, 2.45) is 0 Å². The van der Waals surface area contributed by atoms with E-state index >= 15 is 0 Å². The molecule has 30 heavy (non-hydrogen) atoms. The van der Waals surface area contributed by atoms with E-state index in [2.05, 4.69) is 26.8 Å². The van der Waals surface area contributed by atoms with Crippen molar-refractivity contribution in [2.75, 3.05) is 18.9 Å². The average molecular weight is 417 g/mol. The van der Waals surface area contributed by atoms with Gasteiger partial charge in [-0.05, 0) is 51.5 Å². The van der Waals surface area contributed by atoms with Gasteiger partial charge in [0.2, 0.25) is 0 Å². The molecule has 2 aliphatic rings. The Morgan fingerprint density at radius 2 is 1.93 bits per heavy atom. The first-order valence-corrected chi connectivity index (χ1v) is 11.8. The third-order valence-corrected chi connectivity index (χ3v) is 6.74. The summed E-state index contributed by atoms with van der Waals surface area (Å²) in [5.74, 6) is 0.266. The SMILES string of the molecule is CCCCOc1nc(N)c2[nH]c(=O)n(CCCC3CCCCN3C3CCCC3)c2n1. The fourth-order valence-electron chi connectivity index (χ4n) is 5.15. The second-order valence-corrected chi connectivity index (χ2v) is 8.84. The molecule has 1 aliphatic carbocycles. The molecular weight excluding hydrogens is 380 g/mol. The van der Waals surface area contributed by atoms with Crippen LogP contribution in [0.4, 0.5) is 5.82 Å². The zero-order chi connectivity index (χ0) is 20.9. The number of imidazole rings is 1. The molecule has 8 nitrogen and oxygen atoms in total. The summed E-state index contributed by atoms with van der Waals surface area (Å²) in [6.07, 6.45) is 13.4. The molecule has 1 unspecified atom stereocenters. The number of H-pyrrole nitrogens is 1. The summed E-state index contributed by atoms with van der Waals surface area (Å²) in [5, 5.41) is 0. The van der Waals surface area contributed by atoms with Gasteiger partial charge in [-0.15, -0.1) is 0 Å². The number of fused-ring (bicyclic) bond motifs is 1. The van der Waals surface area contributed by atoms with Gasteiger partial charge < -0.3 is 15.5 Å². The van der Waals surface area contributed by atoms with E-state index in [0.717, 1.165) is 31.7 Å². The second-order valence-electron chi connectivity index (χ2n) is 8.84. The molecule has 3 N–H and O–H groups in total. The van der Waals surface area contributed by atoms with Crippen molar-refractivity contribution in [3.05, 3.63) is 10.5 Å². The third kappa shape index (κ3) is 4.63. The molecule has 1 atom stereocenters. The highest BCUT2D eigenvalue weighted by molar-refractivity contribution is 5.81. The smallest absolute Gasteiger partial charge is 0.327 e. The van der Waals surface area contributed by atoms with E-state index in [4.69, 9.17) is 10.5 Å². The molecule has 0 bridgehead atoms. The van der Waals surface area contributed by atoms with E-state index < -0.39 is 0 Å². The highest BCUT2D eigenvalue weighted by Gasteiger charge is 2.30. The highest BCUT2D eigenvalue weighted by atomic mass is 16.5. The zero-order valence-electron chi connectivity index (χ0n) is 18.2. The Hall–Kier alpha value is -2.09. The maximum atomic E-state index is 12.6. The van der Waals surface area contributed by atoms with Crippen LogP contribution in [0.25, 0.3) is 11.2 Å². The molecule has 0 aromatic carbocycles. The molecule has 1 saturated heterocycles. The van der Waals surface area contributed by atoms with Crippen LogP contribution in [0.5, 0.6) is 6.01 Å². The van der Waals surface area contributed by atoms with Gasteiger partial charge in [-0.1, -0.05) is 32.6 Å². The Bertz CT molecular complexity index is 886. The summed E-state index contributed by atoms with van der Waals surface area (Å²) in [6.45, 7) is 4.53. The number of ether oxygens (including phenoxy) is 1. The number of hydrogen-bond donors (Lipinski definition) is 2. The standard InChI is InChI=1S/C22H36N6O2/c1-2-3-15-30-21-25-19(23)18-20(26-21)28(22(29)24-18)14-8-12-17-11-6-7-13-27(17)16-9-4-5-10-16/h16-17H,2-15H2,1H3,(H,24,29)(H2,23,25,26). The molecule has 166 valence electrons. The van der Waals surface area contributed by atoms with E-state index in [1.54, 1.807) is 4.57 Å². The second kappa shape index (κ2) is 9.81. The lowest BCUT2D eigenvalue weighted by Crippen LogP contribution is -2.45. The van der Waals surface area contributed by atoms with Gasteiger partial charge >= 0.3 is 11.7 Å². The number of anilines is 1. The van der Waals surface area contributed by atoms with Crippen LogP contribution in [0.2, 0.25) is 0 Å². The number of unbranched alkanes of at least 4 members (excludes halogenated alkanes) is 1. The summed E-state index contributed by atoms with van der Waals surface area (Å²) in [6, 6.07) is 1.68. The molecule has 2 fully saturated rings. The van der Waals surface area contributed by atoms with Gasteiger partial charge in [0.05, 0.1) is 6.61 Å². The minimum absolute atomic E-state index is 0.173. The Morgan fingerprint density at radius 3 is 2.73 bits per heavy atom. The van der Waals surface area contributed by atoms with Crippen molar-refractivity contribution in [1.82, 2.24) is 24.4 Å². The van der Waals surface area contributed by atoms with Gasteiger partial charge in [-0.2, -0.15) is 9.97 Å². The normalized spacial score (nSPS) is 20.9. The number of piperidine rings is 1. The van der Waals surface area contributed by atoms with E-state index in [0.29, 0.717) is 30.4 Å². The fraction of sp³-hybridized carbons (Fsp3) is 0.773. The van der Waals surface area contributed by atoms with Crippen molar-refractivity contribution in [2.45, 2.75) is 96.2 Å². The zero-order valence-corrected chi connectivity index (χ0v) is 18.2. The number of aromatic nitrogens is 4. The van der Waals surface area contributed by atoms with Crippen LogP contribution in [-0.2, 0) is 6.54 Å². The van der Waals surface area contributed by atoms with Gasteiger partial charge in [0, 0.05) is 18.6 Å². The van der Waals surface area contributed by atoms with Crippen LogP contribution in [0.3, 0.4) is 0 Å². The lowest BCUT2D eigenvalue weighted by molar-refractivity contribution is 0.0890. The summed E-state index contributed by atoms with van der Waals surface area (Å²) in [4.78, 5) is 26.8. The number of aromatic amines is 1. The maximum absolute atomic E-state index is 12.6. The summed E-state index contributed by atoms with van der Waals surface area (Å²) >= 11 is 0. The van der Waals surface area contributed by atoms with Crippen LogP contribution < -0.4 is 16.2 Å². The number of likely N-dealkylation sites (tertiary alicyclic amines) is 1. The van der Waals surface area contributed by atoms with E-state index in [9.17, 15) is 4.79 Å². The van der Waals surface area contributed by atoms with Gasteiger partial charge in [0.25, 0.3) is 0 Å². The molecular formula is C22H36N6O2. The molecule has 0 radical (unpaired) electrons. The lowest BCUT2D eigenvalue weighted by atomic mass is 9.95. The summed E-state index contributed by atoms with van der Waals surface area (Å²) in [7, 11) is 0. The number of rotatable bonds is 9. The molecule has 0 amide bonds. The van der Waals surface area contributed by atoms with Gasteiger partial charge in [-0.3, -0.25) is 9.47 Å². The van der Waals surface area contributed by atoms with Crippen molar-refractivity contribution < 1.29 is 4.74 Å². The summed E-state index contributed by atoms with van der Waals surface area (Å²) in [5.41, 5.74) is 6.94. The number of aryl methyl sites for hydroxylation is 1. The predicted octanol–water partition coefficient (Wildman–Crippen LogP) is 3.46. The average Bonchev–Trinajstić information content (AvgIpc) is 3.38. The lowest BCUT2D eigenvalue weighted by Gasteiger charge is -2.40. The van der Waals surface area contributed by atoms with Gasteiger partial charge in [0.1, 0.15) is 5.52 Å². The number of nitrogens with two attached hydrogens (primary N) is 1. The minimum atomic E-state index is -0.173. The highest BCUT2D eigenvalue weighted by Crippen LogP contribution is 2.31. The first-order chi connectivity index (χ1) is 14.7. The van der Waals surface area contributed by atoms with E-state index in [1.165, 1.54) is 51.5 Å². The van der Waals surface area contributed by atoms with Crippen LogP contribution in [-0.4, -0.2) is 49.7 Å². The van der Waals surface area contributed by atoms with E-state index in [1.807, 2.05) is 0 Å². The Labute approximate surface area is 178 Å². The van der Waals surface area contributed by atoms with Crippen LogP contribution in [0.1, 0.15) is 77.6 Å². The first kappa shape index (κ1) is 21.2. The molecule has 8 heteroatoms. The van der Waals surface area contributed by atoms with Crippen molar-refractivity contribution in [3.63, 3.8) is 0 Å². The molecule has 1 aliphatic heterocycles. The van der Waals surface area contributed by atoms with Crippen LogP contribution in [0, 0.1) is 0 Å². The number of nitrogen functional groups attached to an aromatic ring is 1. The van der Waals surface area contributed by atoms with E-state index in [-0.39, 0.29) is 17.5 Å². The number of nitrogens with zero attached hydrogens (tertiary/aromatic N) is 4. The Balaban J connectivity index is 1.43. The van der Waals surface area contributed by atoms with Gasteiger partial charge in [-0.25, -0.2) is 4.79 Å². The number of hydrogen-bond acceptors (Lipinski definition) is 6. The van der Waals surface area contributed by atoms with Crippen molar-refractivity contribution >= 4 is 17.0 Å². The van der Waals surface area contributed by atoms with Gasteiger partial charge in [0.15, 0.2) is 11.5 Å². The van der Waals surface area contributed by atoms with Crippen molar-refractivity contribution in [3.8, 4) is 6.01 Å². The molecule has 0 spiro atoms. The fourth-order valence-corrected chi connectivity index (χ4v) is 5.15. The Morgan fingerprint density at radius 1 is 1.13 bits per heavy atom. The molecule has 1 saturated carbocycles. The monoisotopic (exact) mass is 416 g/mol. The maximum Gasteiger partial charge on any atom is 0.327 e.